The van der Waals surface area contributed by atoms with Gasteiger partial charge in [-0.15, -0.1) is 0 Å². The van der Waals surface area contributed by atoms with Crippen LogP contribution in [-0.2, 0) is 23.0 Å². The van der Waals surface area contributed by atoms with Crippen molar-refractivity contribution in [2.24, 2.45) is 7.05 Å². The fraction of sp³-hybridized carbons (Fsp3) is 0.421. The summed E-state index contributed by atoms with van der Waals surface area (Å²) in [4.78, 5) is 12.3. The van der Waals surface area contributed by atoms with Crippen molar-refractivity contribution in [3.05, 3.63) is 47.8 Å². The molecule has 0 bridgehead atoms. The fourth-order valence-corrected chi connectivity index (χ4v) is 2.94. The molecule has 1 aliphatic rings. The van der Waals surface area contributed by atoms with E-state index in [-0.39, 0.29) is 18.1 Å². The number of benzene rings is 1. The number of ether oxygens (including phenoxy) is 2. The molecule has 2 heterocycles. The van der Waals surface area contributed by atoms with E-state index in [4.69, 9.17) is 14.7 Å². The molecule has 7 nitrogen and oxygen atoms in total. The Bertz CT molecular complexity index is 779. The molecule has 1 aromatic heterocycles. The van der Waals surface area contributed by atoms with Crippen LogP contribution in [0.3, 0.4) is 0 Å². The van der Waals surface area contributed by atoms with Crippen molar-refractivity contribution in [2.45, 2.75) is 31.4 Å². The molecule has 26 heavy (non-hydrogen) atoms. The number of hydrogen-bond donors (Lipinski definition) is 1. The second kappa shape index (κ2) is 8.50. The molecule has 7 heteroatoms. The number of rotatable bonds is 6. The quantitative estimate of drug-likeness (QED) is 0.851. The fourth-order valence-electron chi connectivity index (χ4n) is 2.94. The first-order valence-corrected chi connectivity index (χ1v) is 8.66. The summed E-state index contributed by atoms with van der Waals surface area (Å²) in [6.07, 6.45) is 3.23. The molecular formula is C19H22N4O3. The van der Waals surface area contributed by atoms with E-state index in [1.807, 2.05) is 13.1 Å². The van der Waals surface area contributed by atoms with Crippen LogP contribution >= 0.6 is 0 Å². The topological polar surface area (TPSA) is 89.2 Å². The Morgan fingerprint density at radius 2 is 2.23 bits per heavy atom. The van der Waals surface area contributed by atoms with Crippen molar-refractivity contribution in [1.29, 1.82) is 5.26 Å². The molecule has 2 aromatic rings. The highest BCUT2D eigenvalue weighted by molar-refractivity contribution is 5.76. The maximum Gasteiger partial charge on any atom is 0.220 e. The highest BCUT2D eigenvalue weighted by Gasteiger charge is 2.29. The maximum absolute atomic E-state index is 12.3. The molecule has 1 fully saturated rings. The van der Waals surface area contributed by atoms with Gasteiger partial charge in [-0.1, -0.05) is 0 Å². The van der Waals surface area contributed by atoms with Gasteiger partial charge in [-0.3, -0.25) is 9.48 Å². The Labute approximate surface area is 152 Å². The molecule has 3 rings (SSSR count). The summed E-state index contributed by atoms with van der Waals surface area (Å²) < 4.78 is 13.3. The second-order valence-electron chi connectivity index (χ2n) is 6.28. The molecule has 0 spiro atoms. The van der Waals surface area contributed by atoms with Crippen LogP contribution in [0, 0.1) is 11.3 Å². The van der Waals surface area contributed by atoms with Gasteiger partial charge in [-0.25, -0.2) is 0 Å². The van der Waals surface area contributed by atoms with Crippen LogP contribution in [0.4, 0.5) is 0 Å². The lowest BCUT2D eigenvalue weighted by Gasteiger charge is -2.32. The van der Waals surface area contributed by atoms with Gasteiger partial charge in [0.05, 0.1) is 24.3 Å². The lowest BCUT2D eigenvalue weighted by Crippen LogP contribution is -2.51. The minimum Gasteiger partial charge on any atom is -0.486 e. The lowest BCUT2D eigenvalue weighted by molar-refractivity contribution is -0.123. The van der Waals surface area contributed by atoms with Gasteiger partial charge in [0.2, 0.25) is 5.91 Å². The van der Waals surface area contributed by atoms with Crippen molar-refractivity contribution in [3.8, 4) is 11.8 Å². The number of aromatic nitrogens is 2. The minimum atomic E-state index is -0.252. The number of aryl methyl sites for hydroxylation is 2. The maximum atomic E-state index is 12.3. The zero-order valence-electron chi connectivity index (χ0n) is 14.7. The Balaban J connectivity index is 1.55. The van der Waals surface area contributed by atoms with Crippen LogP contribution in [0.25, 0.3) is 0 Å². The Hall–Kier alpha value is -2.85. The van der Waals surface area contributed by atoms with Crippen LogP contribution in [0.5, 0.6) is 5.75 Å². The predicted octanol–water partition coefficient (Wildman–Crippen LogP) is 1.58. The number of hydrogen-bond acceptors (Lipinski definition) is 5. The lowest BCUT2D eigenvalue weighted by atomic mass is 10.1. The van der Waals surface area contributed by atoms with E-state index in [9.17, 15) is 4.79 Å². The van der Waals surface area contributed by atoms with E-state index in [0.717, 1.165) is 5.69 Å². The van der Waals surface area contributed by atoms with Gasteiger partial charge in [-0.05, 0) is 43.2 Å². The number of nitrogens with one attached hydrogen (secondary N) is 1. The zero-order valence-corrected chi connectivity index (χ0v) is 14.7. The summed E-state index contributed by atoms with van der Waals surface area (Å²) in [6, 6.07) is 10.8. The third-order valence-electron chi connectivity index (χ3n) is 4.45. The van der Waals surface area contributed by atoms with Crippen molar-refractivity contribution >= 4 is 5.91 Å². The molecule has 0 saturated carbocycles. The number of carbonyl (C=O) groups is 1. The standard InChI is InChI=1S/C19H22N4O3/c1-23-15(8-10-21-23)4-7-19(24)22-17-9-11-25-13-18(17)26-16-5-2-14(12-20)3-6-16/h2-3,5-6,8,10,17-18H,4,7,9,11,13H2,1H3,(H,22,24)/t17-,18-/m1/s1. The summed E-state index contributed by atoms with van der Waals surface area (Å²) in [7, 11) is 1.87. The molecule has 1 amide bonds. The van der Waals surface area contributed by atoms with Gasteiger partial charge in [0.15, 0.2) is 0 Å². The molecule has 1 saturated heterocycles. The normalized spacial score (nSPS) is 19.5. The van der Waals surface area contributed by atoms with Crippen LogP contribution in [0.1, 0.15) is 24.1 Å². The third-order valence-corrected chi connectivity index (χ3v) is 4.45. The zero-order chi connectivity index (χ0) is 18.4. The number of nitriles is 1. The van der Waals surface area contributed by atoms with Crippen LogP contribution in [0.15, 0.2) is 36.5 Å². The average molecular weight is 354 g/mol. The third kappa shape index (κ3) is 4.61. The van der Waals surface area contributed by atoms with E-state index < -0.39 is 0 Å². The van der Waals surface area contributed by atoms with Crippen LogP contribution < -0.4 is 10.1 Å². The highest BCUT2D eigenvalue weighted by Crippen LogP contribution is 2.18. The molecule has 1 N–H and O–H groups in total. The largest absolute Gasteiger partial charge is 0.486 e. The number of nitrogens with zero attached hydrogens (tertiary/aromatic N) is 3. The summed E-state index contributed by atoms with van der Waals surface area (Å²) in [5.41, 5.74) is 1.61. The van der Waals surface area contributed by atoms with E-state index in [2.05, 4.69) is 16.5 Å². The molecule has 1 aliphatic heterocycles. The average Bonchev–Trinajstić information content (AvgIpc) is 3.07. The Morgan fingerprint density at radius 3 is 2.92 bits per heavy atom. The van der Waals surface area contributed by atoms with Gasteiger partial charge in [0.1, 0.15) is 11.9 Å². The summed E-state index contributed by atoms with van der Waals surface area (Å²) in [5.74, 6) is 0.653. The highest BCUT2D eigenvalue weighted by atomic mass is 16.5. The van der Waals surface area contributed by atoms with E-state index in [0.29, 0.717) is 43.8 Å². The second-order valence-corrected chi connectivity index (χ2v) is 6.28. The minimum absolute atomic E-state index is 0.00784. The molecule has 0 aliphatic carbocycles. The monoisotopic (exact) mass is 354 g/mol. The summed E-state index contributed by atoms with van der Waals surface area (Å²) in [5, 5.41) is 16.0. The van der Waals surface area contributed by atoms with Crippen molar-refractivity contribution in [1.82, 2.24) is 15.1 Å². The Kier molecular flexibility index (Phi) is 5.87. The van der Waals surface area contributed by atoms with E-state index >= 15 is 0 Å². The van der Waals surface area contributed by atoms with Crippen molar-refractivity contribution in [2.75, 3.05) is 13.2 Å². The summed E-state index contributed by atoms with van der Waals surface area (Å²) >= 11 is 0. The van der Waals surface area contributed by atoms with Crippen LogP contribution in [0.2, 0.25) is 0 Å². The first-order valence-electron chi connectivity index (χ1n) is 8.66. The first-order chi connectivity index (χ1) is 12.7. The van der Waals surface area contributed by atoms with Crippen molar-refractivity contribution < 1.29 is 14.3 Å². The SMILES string of the molecule is Cn1nccc1CCC(=O)N[C@@H]1CCOC[C@H]1Oc1ccc(C#N)cc1. The van der Waals surface area contributed by atoms with Crippen molar-refractivity contribution in [3.63, 3.8) is 0 Å². The molecule has 2 atom stereocenters. The molecule has 136 valence electrons. The number of amides is 1. The van der Waals surface area contributed by atoms with Gasteiger partial charge in [0.25, 0.3) is 0 Å². The molecular weight excluding hydrogens is 332 g/mol. The van der Waals surface area contributed by atoms with E-state index in [1.165, 1.54) is 0 Å². The van der Waals surface area contributed by atoms with Gasteiger partial charge in [-0.2, -0.15) is 10.4 Å². The first kappa shape index (κ1) is 18.0. The van der Waals surface area contributed by atoms with Gasteiger partial charge >= 0.3 is 0 Å². The van der Waals surface area contributed by atoms with Gasteiger partial charge in [0, 0.05) is 32.0 Å². The molecule has 1 aromatic carbocycles. The van der Waals surface area contributed by atoms with Gasteiger partial charge < -0.3 is 14.8 Å². The molecule has 0 unspecified atom stereocenters. The van der Waals surface area contributed by atoms with E-state index in [1.54, 1.807) is 35.1 Å². The van der Waals surface area contributed by atoms with Crippen LogP contribution in [-0.4, -0.2) is 41.0 Å². The summed E-state index contributed by atoms with van der Waals surface area (Å²) in [6.45, 7) is 1.02. The number of carbonyl (C=O) groups excluding carboxylic acids is 1. The Morgan fingerprint density at radius 1 is 1.42 bits per heavy atom. The predicted molar refractivity (Wildman–Crippen MR) is 94.5 cm³/mol. The molecule has 0 radical (unpaired) electrons. The smallest absolute Gasteiger partial charge is 0.220 e.